The minimum atomic E-state index is -0.0838. The molecule has 2 aromatic carbocycles. The van der Waals surface area contributed by atoms with Crippen molar-refractivity contribution in [2.75, 3.05) is 26.0 Å². The van der Waals surface area contributed by atoms with E-state index in [9.17, 15) is 9.59 Å². The zero-order valence-electron chi connectivity index (χ0n) is 19.6. The Labute approximate surface area is 196 Å². The predicted octanol–water partition coefficient (Wildman–Crippen LogP) is 3.47. The molecule has 1 saturated carbocycles. The maximum Gasteiger partial charge on any atom is 0.251 e. The Kier molecular flexibility index (Phi) is 9.30. The Bertz CT molecular complexity index is 967. The van der Waals surface area contributed by atoms with E-state index in [1.54, 1.807) is 14.1 Å². The first-order chi connectivity index (χ1) is 16.1. The lowest BCUT2D eigenvalue weighted by atomic mass is 9.88. The zero-order chi connectivity index (χ0) is 23.5. The van der Waals surface area contributed by atoms with Crippen LogP contribution in [-0.4, -0.2) is 38.4 Å². The van der Waals surface area contributed by atoms with Gasteiger partial charge in [0.15, 0.2) is 5.96 Å². The maximum atomic E-state index is 12.5. The van der Waals surface area contributed by atoms with Crippen LogP contribution in [-0.2, 0) is 17.8 Å². The maximum absolute atomic E-state index is 12.5. The molecule has 0 radical (unpaired) electrons. The topological polar surface area (TPSA) is 94.6 Å². The van der Waals surface area contributed by atoms with E-state index in [0.717, 1.165) is 48.9 Å². The van der Waals surface area contributed by atoms with Gasteiger partial charge in [0.2, 0.25) is 5.91 Å². The summed E-state index contributed by atoms with van der Waals surface area (Å²) >= 11 is 0. The van der Waals surface area contributed by atoms with Gasteiger partial charge in [-0.1, -0.05) is 43.5 Å². The Hall–Kier alpha value is -3.35. The minimum absolute atomic E-state index is 0.0838. The van der Waals surface area contributed by atoms with E-state index >= 15 is 0 Å². The average molecular weight is 450 g/mol. The first-order valence-corrected chi connectivity index (χ1v) is 11.7. The standard InChI is InChI=1S/C26H35N5O2/c1-27-24(32)22-12-6-8-19(16-22)14-15-29-26(28-2)30-18-20-9-7-13-23(17-20)31-25(33)21-10-4-3-5-11-21/h6-9,12-13,16-17,21H,3-5,10-11,14-15,18H2,1-2H3,(H,27,32)(H,31,33)(H2,28,29,30). The van der Waals surface area contributed by atoms with E-state index in [0.29, 0.717) is 24.6 Å². The molecule has 2 aromatic rings. The van der Waals surface area contributed by atoms with Gasteiger partial charge >= 0.3 is 0 Å². The average Bonchev–Trinajstić information content (AvgIpc) is 2.86. The first kappa shape index (κ1) is 24.3. The summed E-state index contributed by atoms with van der Waals surface area (Å²) in [5.74, 6) is 0.895. The number of rotatable bonds is 8. The molecule has 176 valence electrons. The van der Waals surface area contributed by atoms with Gasteiger partial charge in [-0.25, -0.2) is 0 Å². The molecule has 0 saturated heterocycles. The van der Waals surface area contributed by atoms with Crippen LogP contribution < -0.4 is 21.3 Å². The number of benzene rings is 2. The van der Waals surface area contributed by atoms with Crippen LogP contribution in [0.4, 0.5) is 5.69 Å². The van der Waals surface area contributed by atoms with Crippen LogP contribution in [0.25, 0.3) is 0 Å². The van der Waals surface area contributed by atoms with Crippen LogP contribution in [0.15, 0.2) is 53.5 Å². The molecule has 0 aromatic heterocycles. The third-order valence-corrected chi connectivity index (χ3v) is 5.98. The molecular formula is C26H35N5O2. The van der Waals surface area contributed by atoms with Gasteiger partial charge in [-0.05, 0) is 54.7 Å². The lowest BCUT2D eigenvalue weighted by Crippen LogP contribution is -2.37. The van der Waals surface area contributed by atoms with Crippen molar-refractivity contribution in [3.8, 4) is 0 Å². The van der Waals surface area contributed by atoms with Gasteiger partial charge in [0, 0.05) is 44.4 Å². The molecule has 3 rings (SSSR count). The monoisotopic (exact) mass is 449 g/mol. The number of anilines is 1. The summed E-state index contributed by atoms with van der Waals surface area (Å²) in [6.07, 6.45) is 6.29. The van der Waals surface area contributed by atoms with Crippen molar-refractivity contribution in [3.63, 3.8) is 0 Å². The van der Waals surface area contributed by atoms with Crippen molar-refractivity contribution < 1.29 is 9.59 Å². The van der Waals surface area contributed by atoms with E-state index < -0.39 is 0 Å². The summed E-state index contributed by atoms with van der Waals surface area (Å²) < 4.78 is 0. The molecule has 33 heavy (non-hydrogen) atoms. The highest BCUT2D eigenvalue weighted by atomic mass is 16.2. The molecule has 2 amide bonds. The Balaban J connectivity index is 1.46. The van der Waals surface area contributed by atoms with Crippen LogP contribution in [0.2, 0.25) is 0 Å². The highest BCUT2D eigenvalue weighted by molar-refractivity contribution is 5.94. The lowest BCUT2D eigenvalue weighted by molar-refractivity contribution is -0.120. The molecule has 0 bridgehead atoms. The first-order valence-electron chi connectivity index (χ1n) is 11.7. The van der Waals surface area contributed by atoms with E-state index in [1.165, 1.54) is 6.42 Å². The smallest absolute Gasteiger partial charge is 0.251 e. The number of hydrogen-bond donors (Lipinski definition) is 4. The van der Waals surface area contributed by atoms with Gasteiger partial charge in [-0.2, -0.15) is 0 Å². The second-order valence-electron chi connectivity index (χ2n) is 8.41. The molecule has 4 N–H and O–H groups in total. The van der Waals surface area contributed by atoms with Crippen molar-refractivity contribution in [1.82, 2.24) is 16.0 Å². The summed E-state index contributed by atoms with van der Waals surface area (Å²) in [7, 11) is 3.37. The van der Waals surface area contributed by atoms with E-state index in [1.807, 2.05) is 48.5 Å². The summed E-state index contributed by atoms with van der Waals surface area (Å²) in [6.45, 7) is 1.29. The predicted molar refractivity (Wildman–Crippen MR) is 133 cm³/mol. The summed E-state index contributed by atoms with van der Waals surface area (Å²) in [5.41, 5.74) is 3.65. The molecular weight excluding hydrogens is 414 g/mol. The normalized spacial score (nSPS) is 14.4. The Morgan fingerprint density at radius 1 is 0.970 bits per heavy atom. The van der Waals surface area contributed by atoms with E-state index in [-0.39, 0.29) is 17.7 Å². The number of hydrogen-bond acceptors (Lipinski definition) is 3. The molecule has 1 aliphatic rings. The third kappa shape index (κ3) is 7.63. The molecule has 0 spiro atoms. The van der Waals surface area contributed by atoms with Gasteiger partial charge < -0.3 is 21.3 Å². The van der Waals surface area contributed by atoms with Gasteiger partial charge in [-0.15, -0.1) is 0 Å². The van der Waals surface area contributed by atoms with Crippen LogP contribution in [0.3, 0.4) is 0 Å². The number of amides is 2. The van der Waals surface area contributed by atoms with Crippen molar-refractivity contribution in [3.05, 3.63) is 65.2 Å². The van der Waals surface area contributed by atoms with Gasteiger partial charge in [0.25, 0.3) is 5.91 Å². The fourth-order valence-corrected chi connectivity index (χ4v) is 4.11. The Morgan fingerprint density at radius 2 is 1.73 bits per heavy atom. The van der Waals surface area contributed by atoms with Crippen LogP contribution >= 0.6 is 0 Å². The fraction of sp³-hybridized carbons (Fsp3) is 0.423. The molecule has 7 heteroatoms. The number of carbonyl (C=O) groups excluding carboxylic acids is 2. The zero-order valence-corrected chi connectivity index (χ0v) is 19.6. The van der Waals surface area contributed by atoms with Crippen LogP contribution in [0, 0.1) is 5.92 Å². The minimum Gasteiger partial charge on any atom is -0.356 e. The van der Waals surface area contributed by atoms with Crippen LogP contribution in [0.1, 0.15) is 53.6 Å². The highest BCUT2D eigenvalue weighted by Crippen LogP contribution is 2.25. The molecule has 1 aliphatic carbocycles. The van der Waals surface area contributed by atoms with Crippen molar-refractivity contribution in [1.29, 1.82) is 0 Å². The van der Waals surface area contributed by atoms with Gasteiger partial charge in [-0.3, -0.25) is 14.6 Å². The van der Waals surface area contributed by atoms with Crippen LogP contribution in [0.5, 0.6) is 0 Å². The third-order valence-electron chi connectivity index (χ3n) is 5.98. The molecule has 0 aliphatic heterocycles. The number of aliphatic imine (C=N–C) groups is 1. The summed E-state index contributed by atoms with van der Waals surface area (Å²) in [4.78, 5) is 28.6. The van der Waals surface area contributed by atoms with E-state index in [2.05, 4.69) is 26.3 Å². The van der Waals surface area contributed by atoms with Gasteiger partial charge in [0.05, 0.1) is 0 Å². The quantitative estimate of drug-likeness (QED) is 0.367. The summed E-state index contributed by atoms with van der Waals surface area (Å²) in [6, 6.07) is 15.6. The Morgan fingerprint density at radius 3 is 2.48 bits per heavy atom. The second kappa shape index (κ2) is 12.6. The lowest BCUT2D eigenvalue weighted by Gasteiger charge is -2.21. The second-order valence-corrected chi connectivity index (χ2v) is 8.41. The fourth-order valence-electron chi connectivity index (χ4n) is 4.11. The number of guanidine groups is 1. The highest BCUT2D eigenvalue weighted by Gasteiger charge is 2.21. The largest absolute Gasteiger partial charge is 0.356 e. The van der Waals surface area contributed by atoms with Crippen molar-refractivity contribution >= 4 is 23.5 Å². The summed E-state index contributed by atoms with van der Waals surface area (Å²) in [5, 5.41) is 12.4. The molecule has 0 heterocycles. The molecule has 1 fully saturated rings. The molecule has 0 unspecified atom stereocenters. The number of nitrogens with one attached hydrogen (secondary N) is 4. The van der Waals surface area contributed by atoms with Crippen molar-refractivity contribution in [2.24, 2.45) is 10.9 Å². The molecule has 0 atom stereocenters. The van der Waals surface area contributed by atoms with Gasteiger partial charge in [0.1, 0.15) is 0 Å². The SMILES string of the molecule is CN=C(NCCc1cccc(C(=O)NC)c1)NCc1cccc(NC(=O)C2CCCCC2)c1. The van der Waals surface area contributed by atoms with Crippen molar-refractivity contribution in [2.45, 2.75) is 45.1 Å². The van der Waals surface area contributed by atoms with E-state index in [4.69, 9.17) is 0 Å². The number of carbonyl (C=O) groups is 2. The molecule has 7 nitrogen and oxygen atoms in total. The number of nitrogens with zero attached hydrogens (tertiary/aromatic N) is 1.